The molecule has 0 amide bonds. The number of esters is 3. The van der Waals surface area contributed by atoms with Gasteiger partial charge in [-0.25, -0.2) is 0 Å². The number of rotatable bonds is 44. The third-order valence-electron chi connectivity index (χ3n) is 10.7. The van der Waals surface area contributed by atoms with Crippen molar-refractivity contribution in [2.75, 3.05) is 13.2 Å². The van der Waals surface area contributed by atoms with Gasteiger partial charge in [0.2, 0.25) is 0 Å². The molecule has 0 heterocycles. The van der Waals surface area contributed by atoms with Gasteiger partial charge in [0.25, 0.3) is 0 Å². The maximum atomic E-state index is 12.7. The Morgan fingerprint density at radius 1 is 0.357 bits per heavy atom. The van der Waals surface area contributed by atoms with Crippen LogP contribution in [0.25, 0.3) is 0 Å². The lowest BCUT2D eigenvalue weighted by Gasteiger charge is -2.18. The van der Waals surface area contributed by atoms with Crippen molar-refractivity contribution in [1.29, 1.82) is 0 Å². The van der Waals surface area contributed by atoms with Gasteiger partial charge in [0.1, 0.15) is 13.2 Å². The van der Waals surface area contributed by atoms with E-state index in [1.807, 2.05) is 0 Å². The third kappa shape index (κ3) is 43.0. The zero-order valence-electron chi connectivity index (χ0n) is 37.4. The predicted molar refractivity (Wildman–Crippen MR) is 238 cm³/mol. The van der Waals surface area contributed by atoms with Crippen LogP contribution in [0, 0.1) is 0 Å². The van der Waals surface area contributed by atoms with Crippen molar-refractivity contribution >= 4 is 17.9 Å². The average molecular weight is 789 g/mol. The van der Waals surface area contributed by atoms with E-state index >= 15 is 0 Å². The highest BCUT2D eigenvalue weighted by molar-refractivity contribution is 5.71. The molecule has 0 aliphatic rings. The summed E-state index contributed by atoms with van der Waals surface area (Å²) in [5, 5.41) is 0. The van der Waals surface area contributed by atoms with Crippen molar-refractivity contribution in [3.63, 3.8) is 0 Å². The average Bonchev–Trinajstić information content (AvgIpc) is 3.19. The lowest BCUT2D eigenvalue weighted by Crippen LogP contribution is -2.30. The molecule has 1 atom stereocenters. The highest BCUT2D eigenvalue weighted by Gasteiger charge is 2.19. The molecule has 0 radical (unpaired) electrons. The summed E-state index contributed by atoms with van der Waals surface area (Å²) in [6.45, 7) is 6.60. The Kier molecular flexibility index (Phi) is 43.9. The first-order chi connectivity index (χ1) is 27.5. The Balaban J connectivity index is 4.31. The highest BCUT2D eigenvalue weighted by Crippen LogP contribution is 2.15. The number of carbonyl (C=O) groups is 3. The number of hydrogen-bond donors (Lipinski definition) is 0. The normalized spacial score (nSPS) is 12.1. The molecule has 0 aromatic carbocycles. The molecule has 0 unspecified atom stereocenters. The van der Waals surface area contributed by atoms with E-state index < -0.39 is 6.10 Å². The minimum atomic E-state index is -0.766. The van der Waals surface area contributed by atoms with Crippen LogP contribution in [0.2, 0.25) is 0 Å². The van der Waals surface area contributed by atoms with Gasteiger partial charge in [-0.15, -0.1) is 0 Å². The fourth-order valence-electron chi connectivity index (χ4n) is 7.00. The minimum absolute atomic E-state index is 0.0696. The van der Waals surface area contributed by atoms with Crippen molar-refractivity contribution in [3.8, 4) is 0 Å². The summed E-state index contributed by atoms with van der Waals surface area (Å²) < 4.78 is 16.7. The van der Waals surface area contributed by atoms with Crippen LogP contribution in [-0.4, -0.2) is 37.2 Å². The van der Waals surface area contributed by atoms with E-state index in [9.17, 15) is 14.4 Å². The molecule has 56 heavy (non-hydrogen) atoms. The monoisotopic (exact) mass is 789 g/mol. The zero-order valence-corrected chi connectivity index (χ0v) is 37.4. The molecule has 0 aromatic rings. The standard InChI is InChI=1S/C50H92O6/c1-4-7-10-13-16-19-22-23-24-25-26-27-29-31-34-37-40-43-49(52)55-46-47(45-54-48(51)42-39-36-33-30-21-18-15-12-9-6-3)56-50(53)44-41-38-35-32-28-20-17-14-11-8-5-2/h16,19,23-24,47H,4-15,17-18,20-22,25-46H2,1-3H3/b19-16-,24-23-/t47-/m1/s1. The van der Waals surface area contributed by atoms with E-state index in [1.54, 1.807) is 0 Å². The van der Waals surface area contributed by atoms with E-state index in [2.05, 4.69) is 45.1 Å². The SMILES string of the molecule is CCCCC/C=C\C/C=C\CCCCCCCCCC(=O)OC[C@@H](COC(=O)CCCCCCCCCCCC)OC(=O)CCCCCCCCCCCCC. The predicted octanol–water partition coefficient (Wildman–Crippen LogP) is 15.6. The van der Waals surface area contributed by atoms with Crippen molar-refractivity contribution in [1.82, 2.24) is 0 Å². The van der Waals surface area contributed by atoms with E-state index in [1.165, 1.54) is 148 Å². The van der Waals surface area contributed by atoms with Crippen LogP contribution < -0.4 is 0 Å². The van der Waals surface area contributed by atoms with Crippen LogP contribution in [0.3, 0.4) is 0 Å². The fourth-order valence-corrected chi connectivity index (χ4v) is 7.00. The van der Waals surface area contributed by atoms with Crippen LogP contribution in [0.4, 0.5) is 0 Å². The molecule has 0 rings (SSSR count). The number of carbonyl (C=O) groups excluding carboxylic acids is 3. The van der Waals surface area contributed by atoms with Crippen LogP contribution in [0.1, 0.15) is 258 Å². The molecule has 0 fully saturated rings. The number of unbranched alkanes of at least 4 members (excludes halogenated alkanes) is 29. The molecule has 0 spiro atoms. The van der Waals surface area contributed by atoms with Gasteiger partial charge >= 0.3 is 17.9 Å². The van der Waals surface area contributed by atoms with E-state index in [4.69, 9.17) is 14.2 Å². The summed E-state index contributed by atoms with van der Waals surface area (Å²) in [6.07, 6.45) is 50.1. The summed E-state index contributed by atoms with van der Waals surface area (Å²) in [5.74, 6) is -0.871. The Hall–Kier alpha value is -2.11. The number of allylic oxidation sites excluding steroid dienone is 4. The maximum Gasteiger partial charge on any atom is 0.306 e. The summed E-state index contributed by atoms with van der Waals surface area (Å²) in [6, 6.07) is 0. The van der Waals surface area contributed by atoms with Gasteiger partial charge in [0, 0.05) is 19.3 Å². The van der Waals surface area contributed by atoms with Gasteiger partial charge in [0.15, 0.2) is 6.10 Å². The molecule has 0 saturated carbocycles. The third-order valence-corrected chi connectivity index (χ3v) is 10.7. The van der Waals surface area contributed by atoms with Gasteiger partial charge in [-0.3, -0.25) is 14.4 Å². The van der Waals surface area contributed by atoms with Gasteiger partial charge in [-0.2, -0.15) is 0 Å². The minimum Gasteiger partial charge on any atom is -0.462 e. The molecule has 0 aliphatic heterocycles. The molecular formula is C50H92O6. The van der Waals surface area contributed by atoms with Crippen LogP contribution in [0.15, 0.2) is 24.3 Å². The van der Waals surface area contributed by atoms with Crippen LogP contribution in [-0.2, 0) is 28.6 Å². The molecule has 0 aromatic heterocycles. The van der Waals surface area contributed by atoms with Crippen molar-refractivity contribution in [2.45, 2.75) is 264 Å². The lowest BCUT2D eigenvalue weighted by molar-refractivity contribution is -0.167. The Morgan fingerprint density at radius 3 is 1.02 bits per heavy atom. The zero-order chi connectivity index (χ0) is 40.8. The molecule has 328 valence electrons. The number of hydrogen-bond acceptors (Lipinski definition) is 6. The first-order valence-corrected chi connectivity index (χ1v) is 24.3. The molecule has 0 N–H and O–H groups in total. The molecule has 0 bridgehead atoms. The van der Waals surface area contributed by atoms with Crippen molar-refractivity contribution < 1.29 is 28.6 Å². The van der Waals surface area contributed by atoms with Crippen LogP contribution >= 0.6 is 0 Å². The summed E-state index contributed by atoms with van der Waals surface area (Å²) in [5.41, 5.74) is 0. The lowest BCUT2D eigenvalue weighted by atomic mass is 10.1. The van der Waals surface area contributed by atoms with Crippen LogP contribution in [0.5, 0.6) is 0 Å². The van der Waals surface area contributed by atoms with E-state index in [0.29, 0.717) is 19.3 Å². The molecule has 6 heteroatoms. The Labute approximate surface area is 347 Å². The quantitative estimate of drug-likeness (QED) is 0.0265. The first kappa shape index (κ1) is 53.9. The largest absolute Gasteiger partial charge is 0.462 e. The van der Waals surface area contributed by atoms with Crippen molar-refractivity contribution in [3.05, 3.63) is 24.3 Å². The number of ether oxygens (including phenoxy) is 3. The molecule has 0 aliphatic carbocycles. The fraction of sp³-hybridized carbons (Fsp3) is 0.860. The van der Waals surface area contributed by atoms with E-state index in [-0.39, 0.29) is 31.1 Å². The molecular weight excluding hydrogens is 697 g/mol. The second-order valence-corrected chi connectivity index (χ2v) is 16.4. The van der Waals surface area contributed by atoms with Gasteiger partial charge in [-0.05, 0) is 51.4 Å². The van der Waals surface area contributed by atoms with Gasteiger partial charge < -0.3 is 14.2 Å². The topological polar surface area (TPSA) is 78.9 Å². The Bertz CT molecular complexity index is 911. The second-order valence-electron chi connectivity index (χ2n) is 16.4. The van der Waals surface area contributed by atoms with E-state index in [0.717, 1.165) is 70.6 Å². The highest BCUT2D eigenvalue weighted by atomic mass is 16.6. The van der Waals surface area contributed by atoms with Crippen molar-refractivity contribution in [2.24, 2.45) is 0 Å². The van der Waals surface area contributed by atoms with Gasteiger partial charge in [0.05, 0.1) is 0 Å². The Morgan fingerprint density at radius 2 is 0.643 bits per heavy atom. The second kappa shape index (κ2) is 45.6. The molecule has 6 nitrogen and oxygen atoms in total. The summed E-state index contributed by atoms with van der Waals surface area (Å²) in [4.78, 5) is 37.8. The maximum absolute atomic E-state index is 12.7. The van der Waals surface area contributed by atoms with Gasteiger partial charge in [-0.1, -0.05) is 212 Å². The summed E-state index contributed by atoms with van der Waals surface area (Å²) >= 11 is 0. The molecule has 0 saturated heterocycles. The summed E-state index contributed by atoms with van der Waals surface area (Å²) in [7, 11) is 0. The smallest absolute Gasteiger partial charge is 0.306 e. The first-order valence-electron chi connectivity index (χ1n) is 24.3.